The maximum absolute atomic E-state index is 13.1. The fraction of sp³-hybridized carbons (Fsp3) is 0.261. The van der Waals surface area contributed by atoms with Gasteiger partial charge in [-0.05, 0) is 49.2 Å². The quantitative estimate of drug-likeness (QED) is 0.491. The summed E-state index contributed by atoms with van der Waals surface area (Å²) in [6, 6.07) is 12.9. The molecule has 1 saturated heterocycles. The fourth-order valence-electron chi connectivity index (χ4n) is 3.98. The second kappa shape index (κ2) is 8.33. The molecule has 0 bridgehead atoms. The van der Waals surface area contributed by atoms with Crippen molar-refractivity contribution in [3.05, 3.63) is 76.9 Å². The number of halogens is 1. The number of fused-ring (bicyclic) bond motifs is 1. The zero-order chi connectivity index (χ0) is 22.1. The van der Waals surface area contributed by atoms with Crippen molar-refractivity contribution in [2.24, 2.45) is 0 Å². The topological polar surface area (TPSA) is 94.1 Å². The predicted octanol–water partition coefficient (Wildman–Crippen LogP) is 2.99. The van der Waals surface area contributed by atoms with Crippen molar-refractivity contribution in [1.82, 2.24) is 24.6 Å². The predicted molar refractivity (Wildman–Crippen MR) is 114 cm³/mol. The van der Waals surface area contributed by atoms with Crippen LogP contribution in [0.5, 0.6) is 0 Å². The van der Waals surface area contributed by atoms with Crippen LogP contribution in [0, 0.1) is 5.82 Å². The third-order valence-electron chi connectivity index (χ3n) is 5.69. The Balaban J connectivity index is 1.30. The van der Waals surface area contributed by atoms with Crippen LogP contribution in [0.2, 0.25) is 0 Å². The van der Waals surface area contributed by atoms with E-state index in [1.807, 2.05) is 6.07 Å². The number of amides is 1. The lowest BCUT2D eigenvalue weighted by atomic mass is 9.98. The first kappa shape index (κ1) is 20.0. The fourth-order valence-corrected chi connectivity index (χ4v) is 3.98. The molecule has 0 N–H and O–H groups in total. The van der Waals surface area contributed by atoms with Gasteiger partial charge in [0.2, 0.25) is 17.7 Å². The van der Waals surface area contributed by atoms with E-state index < -0.39 is 0 Å². The highest BCUT2D eigenvalue weighted by atomic mass is 19.1. The molecule has 1 atom stereocenters. The highest BCUT2D eigenvalue weighted by molar-refractivity contribution is 5.79. The monoisotopic (exact) mass is 433 g/mol. The van der Waals surface area contributed by atoms with Crippen molar-refractivity contribution < 1.29 is 13.6 Å². The number of aromatic nitrogens is 4. The van der Waals surface area contributed by atoms with Crippen LogP contribution < -0.4 is 5.56 Å². The highest BCUT2D eigenvalue weighted by Crippen LogP contribution is 2.28. The number of hydrogen-bond donors (Lipinski definition) is 0. The summed E-state index contributed by atoms with van der Waals surface area (Å²) in [6.07, 6.45) is 3.01. The summed E-state index contributed by atoms with van der Waals surface area (Å²) in [5.74, 6) is 0.173. The molecule has 5 rings (SSSR count). The van der Waals surface area contributed by atoms with Gasteiger partial charge in [-0.3, -0.25) is 14.2 Å². The lowest BCUT2D eigenvalue weighted by Gasteiger charge is -2.31. The number of para-hydroxylation sites is 1. The van der Waals surface area contributed by atoms with Crippen LogP contribution in [0.1, 0.15) is 24.7 Å². The van der Waals surface area contributed by atoms with E-state index in [0.29, 0.717) is 41.3 Å². The molecule has 0 saturated carbocycles. The molecule has 1 unspecified atom stereocenters. The normalized spacial score (nSPS) is 16.4. The van der Waals surface area contributed by atoms with Crippen LogP contribution in [0.25, 0.3) is 22.4 Å². The van der Waals surface area contributed by atoms with Crippen LogP contribution >= 0.6 is 0 Å². The molecular weight excluding hydrogens is 413 g/mol. The number of nitrogens with zero attached hydrogens (tertiary/aromatic N) is 5. The van der Waals surface area contributed by atoms with Gasteiger partial charge in [0.25, 0.3) is 5.56 Å². The molecule has 0 spiro atoms. The van der Waals surface area contributed by atoms with Crippen LogP contribution in [0.15, 0.2) is 64.1 Å². The van der Waals surface area contributed by atoms with E-state index in [0.717, 1.165) is 12.8 Å². The van der Waals surface area contributed by atoms with Crippen LogP contribution in [0.3, 0.4) is 0 Å². The average Bonchev–Trinajstić information content (AvgIpc) is 3.32. The van der Waals surface area contributed by atoms with Crippen molar-refractivity contribution >= 4 is 16.8 Å². The summed E-state index contributed by atoms with van der Waals surface area (Å²) < 4.78 is 20.3. The minimum atomic E-state index is -0.337. The van der Waals surface area contributed by atoms with Crippen molar-refractivity contribution in [3.8, 4) is 11.5 Å². The summed E-state index contributed by atoms with van der Waals surface area (Å²) in [4.78, 5) is 31.6. The largest absolute Gasteiger partial charge is 0.420 e. The number of carbonyl (C=O) groups excluding carboxylic acids is 1. The Hall–Kier alpha value is -3.88. The number of rotatable bonds is 4. The Morgan fingerprint density at radius 2 is 1.94 bits per heavy atom. The number of piperidine rings is 1. The Kier molecular flexibility index (Phi) is 5.22. The molecule has 0 radical (unpaired) electrons. The second-order valence-corrected chi connectivity index (χ2v) is 7.83. The van der Waals surface area contributed by atoms with E-state index in [9.17, 15) is 14.0 Å². The van der Waals surface area contributed by atoms with E-state index in [2.05, 4.69) is 15.2 Å². The van der Waals surface area contributed by atoms with Gasteiger partial charge in [-0.2, -0.15) is 0 Å². The molecule has 9 heteroatoms. The number of carbonyl (C=O) groups is 1. The first-order valence-electron chi connectivity index (χ1n) is 10.4. The zero-order valence-electron chi connectivity index (χ0n) is 17.1. The summed E-state index contributed by atoms with van der Waals surface area (Å²) in [5, 5.41) is 8.71. The molecule has 1 fully saturated rings. The maximum Gasteiger partial charge on any atom is 0.261 e. The van der Waals surface area contributed by atoms with E-state index in [1.165, 1.54) is 23.0 Å². The van der Waals surface area contributed by atoms with Crippen LogP contribution in [-0.4, -0.2) is 43.6 Å². The van der Waals surface area contributed by atoms with Crippen LogP contribution in [-0.2, 0) is 11.3 Å². The SMILES string of the molecule is O=C(Cn1cnc2ccccc2c1=O)N1CCCC(c2nnc(-c3ccc(F)cc3)o2)C1. The molecule has 162 valence electrons. The van der Waals surface area contributed by atoms with Gasteiger partial charge in [0.05, 0.1) is 23.1 Å². The minimum Gasteiger partial charge on any atom is -0.420 e. The van der Waals surface area contributed by atoms with Gasteiger partial charge in [0.15, 0.2) is 0 Å². The van der Waals surface area contributed by atoms with E-state index in [-0.39, 0.29) is 29.7 Å². The Morgan fingerprint density at radius 1 is 1.12 bits per heavy atom. The molecule has 1 aliphatic heterocycles. The Morgan fingerprint density at radius 3 is 2.78 bits per heavy atom. The van der Waals surface area contributed by atoms with E-state index in [1.54, 1.807) is 35.2 Å². The van der Waals surface area contributed by atoms with E-state index >= 15 is 0 Å². The number of hydrogen-bond acceptors (Lipinski definition) is 6. The first-order chi connectivity index (χ1) is 15.6. The lowest BCUT2D eigenvalue weighted by Crippen LogP contribution is -2.42. The van der Waals surface area contributed by atoms with Gasteiger partial charge in [0.1, 0.15) is 12.4 Å². The molecule has 2 aromatic carbocycles. The summed E-state index contributed by atoms with van der Waals surface area (Å²) in [5.41, 5.74) is 1.00. The lowest BCUT2D eigenvalue weighted by molar-refractivity contribution is -0.133. The van der Waals surface area contributed by atoms with Gasteiger partial charge < -0.3 is 9.32 Å². The number of likely N-dealkylation sites (tertiary alicyclic amines) is 1. The highest BCUT2D eigenvalue weighted by Gasteiger charge is 2.29. The molecule has 1 amide bonds. The molecule has 1 aliphatic rings. The third-order valence-corrected chi connectivity index (χ3v) is 5.69. The van der Waals surface area contributed by atoms with E-state index in [4.69, 9.17) is 4.42 Å². The summed E-state index contributed by atoms with van der Waals surface area (Å²) >= 11 is 0. The molecule has 8 nitrogen and oxygen atoms in total. The molecule has 4 aromatic rings. The van der Waals surface area contributed by atoms with Gasteiger partial charge in [0, 0.05) is 18.7 Å². The summed E-state index contributed by atoms with van der Waals surface area (Å²) in [7, 11) is 0. The van der Waals surface area contributed by atoms with Crippen molar-refractivity contribution in [2.75, 3.05) is 13.1 Å². The minimum absolute atomic E-state index is 0.0753. The van der Waals surface area contributed by atoms with Gasteiger partial charge >= 0.3 is 0 Å². The molecule has 3 heterocycles. The van der Waals surface area contributed by atoms with Crippen molar-refractivity contribution in [2.45, 2.75) is 25.3 Å². The standard InChI is InChI=1S/C23H20FN5O3/c24-17-9-7-15(8-10-17)21-26-27-22(32-21)16-4-3-11-28(12-16)20(30)13-29-14-25-19-6-2-1-5-18(19)23(29)31/h1-2,5-10,14,16H,3-4,11-13H2. The second-order valence-electron chi connectivity index (χ2n) is 7.83. The molecular formula is C23H20FN5O3. The Labute approximate surface area is 182 Å². The summed E-state index contributed by atoms with van der Waals surface area (Å²) in [6.45, 7) is 0.956. The van der Waals surface area contributed by atoms with Gasteiger partial charge in [-0.15, -0.1) is 10.2 Å². The van der Waals surface area contributed by atoms with Crippen LogP contribution in [0.4, 0.5) is 4.39 Å². The average molecular weight is 433 g/mol. The first-order valence-corrected chi connectivity index (χ1v) is 10.4. The number of benzene rings is 2. The molecule has 0 aliphatic carbocycles. The zero-order valence-corrected chi connectivity index (χ0v) is 17.1. The third kappa shape index (κ3) is 3.89. The Bertz CT molecular complexity index is 1330. The maximum atomic E-state index is 13.1. The molecule has 32 heavy (non-hydrogen) atoms. The molecule has 2 aromatic heterocycles. The van der Waals surface area contributed by atoms with Gasteiger partial charge in [-0.25, -0.2) is 9.37 Å². The smallest absolute Gasteiger partial charge is 0.261 e. The van der Waals surface area contributed by atoms with Crippen molar-refractivity contribution in [1.29, 1.82) is 0 Å². The van der Waals surface area contributed by atoms with Gasteiger partial charge in [-0.1, -0.05) is 12.1 Å². The van der Waals surface area contributed by atoms with Crippen molar-refractivity contribution in [3.63, 3.8) is 0 Å².